The molecule has 6 nitrogen and oxygen atoms in total. The monoisotopic (exact) mass is 313 g/mol. The van der Waals surface area contributed by atoms with Crippen molar-refractivity contribution >= 4 is 5.91 Å². The zero-order chi connectivity index (χ0) is 16.2. The fraction of sp³-hybridized carbons (Fsp3) is 0.471. The van der Waals surface area contributed by atoms with Gasteiger partial charge in [-0.3, -0.25) is 9.69 Å². The molecule has 0 bridgehead atoms. The minimum absolute atomic E-state index is 0.0280. The molecule has 23 heavy (non-hydrogen) atoms. The Labute approximate surface area is 136 Å². The average molecular weight is 313 g/mol. The summed E-state index contributed by atoms with van der Waals surface area (Å²) in [6, 6.07) is 8.55. The molecule has 0 saturated heterocycles. The third-order valence-electron chi connectivity index (χ3n) is 4.57. The molecule has 1 N–H and O–H groups in total. The summed E-state index contributed by atoms with van der Waals surface area (Å²) in [7, 11) is 0. The Bertz CT molecular complexity index is 655. The highest BCUT2D eigenvalue weighted by atomic mass is 16.2. The van der Waals surface area contributed by atoms with E-state index < -0.39 is 0 Å². The van der Waals surface area contributed by atoms with Crippen LogP contribution in [0, 0.1) is 0 Å². The van der Waals surface area contributed by atoms with E-state index in [1.807, 2.05) is 6.92 Å². The molecule has 6 heteroatoms. The van der Waals surface area contributed by atoms with Gasteiger partial charge < -0.3 is 5.32 Å². The van der Waals surface area contributed by atoms with Crippen molar-refractivity contribution in [2.75, 3.05) is 13.1 Å². The van der Waals surface area contributed by atoms with Gasteiger partial charge in [-0.15, -0.1) is 0 Å². The lowest BCUT2D eigenvalue weighted by atomic mass is 9.99. The molecule has 1 aromatic carbocycles. The Balaban J connectivity index is 1.52. The van der Waals surface area contributed by atoms with Crippen LogP contribution in [0.5, 0.6) is 0 Å². The second-order valence-corrected chi connectivity index (χ2v) is 6.13. The number of rotatable bonds is 5. The number of aromatic nitrogens is 3. The van der Waals surface area contributed by atoms with Gasteiger partial charge in [0.2, 0.25) is 5.91 Å². The molecular weight excluding hydrogens is 290 g/mol. The second-order valence-electron chi connectivity index (χ2n) is 6.13. The molecule has 1 amide bonds. The molecule has 0 spiro atoms. The Hall–Kier alpha value is -2.21. The lowest BCUT2D eigenvalue weighted by Gasteiger charge is -2.34. The van der Waals surface area contributed by atoms with Crippen LogP contribution < -0.4 is 5.32 Å². The SMILES string of the molecule is C[C@@H](CNC(=O)[C@H](C)n1cncn1)N1CCc2ccccc2C1. The molecule has 1 aliphatic heterocycles. The fourth-order valence-electron chi connectivity index (χ4n) is 2.96. The summed E-state index contributed by atoms with van der Waals surface area (Å²) < 4.78 is 1.57. The molecule has 0 radical (unpaired) electrons. The maximum Gasteiger partial charge on any atom is 0.244 e. The lowest BCUT2D eigenvalue weighted by molar-refractivity contribution is -0.124. The third kappa shape index (κ3) is 3.59. The van der Waals surface area contributed by atoms with Gasteiger partial charge in [-0.2, -0.15) is 5.10 Å². The highest BCUT2D eigenvalue weighted by Crippen LogP contribution is 2.20. The normalized spacial score (nSPS) is 17.3. The molecule has 2 aromatic rings. The van der Waals surface area contributed by atoms with E-state index in [0.29, 0.717) is 12.6 Å². The number of fused-ring (bicyclic) bond motifs is 1. The number of hydrogen-bond acceptors (Lipinski definition) is 4. The highest BCUT2D eigenvalue weighted by molar-refractivity contribution is 5.79. The zero-order valence-electron chi connectivity index (χ0n) is 13.6. The Kier molecular flexibility index (Phi) is 4.71. The zero-order valence-corrected chi connectivity index (χ0v) is 13.6. The van der Waals surface area contributed by atoms with Crippen LogP contribution in [-0.2, 0) is 17.8 Å². The van der Waals surface area contributed by atoms with Crippen LogP contribution in [0.3, 0.4) is 0 Å². The fourth-order valence-corrected chi connectivity index (χ4v) is 2.96. The molecular formula is C17H23N5O. The maximum absolute atomic E-state index is 12.2. The van der Waals surface area contributed by atoms with Crippen molar-refractivity contribution < 1.29 is 4.79 Å². The van der Waals surface area contributed by atoms with Crippen LogP contribution in [-0.4, -0.2) is 44.7 Å². The molecule has 1 aromatic heterocycles. The van der Waals surface area contributed by atoms with Crippen LogP contribution >= 0.6 is 0 Å². The quantitative estimate of drug-likeness (QED) is 0.906. The van der Waals surface area contributed by atoms with Gasteiger partial charge in [0.1, 0.15) is 18.7 Å². The summed E-state index contributed by atoms with van der Waals surface area (Å²) in [4.78, 5) is 18.5. The van der Waals surface area contributed by atoms with E-state index in [9.17, 15) is 4.79 Å². The van der Waals surface area contributed by atoms with E-state index in [0.717, 1.165) is 19.5 Å². The number of carbonyl (C=O) groups is 1. The van der Waals surface area contributed by atoms with Crippen molar-refractivity contribution in [1.29, 1.82) is 0 Å². The number of hydrogen-bond donors (Lipinski definition) is 1. The van der Waals surface area contributed by atoms with Gasteiger partial charge in [-0.05, 0) is 31.4 Å². The van der Waals surface area contributed by atoms with E-state index in [1.165, 1.54) is 17.5 Å². The first kappa shape index (κ1) is 15.7. The molecule has 2 atom stereocenters. The van der Waals surface area contributed by atoms with E-state index in [4.69, 9.17) is 0 Å². The number of nitrogens with one attached hydrogen (secondary N) is 1. The predicted molar refractivity (Wildman–Crippen MR) is 87.8 cm³/mol. The van der Waals surface area contributed by atoms with Crippen LogP contribution in [0.1, 0.15) is 31.0 Å². The Morgan fingerprint density at radius 2 is 2.09 bits per heavy atom. The largest absolute Gasteiger partial charge is 0.353 e. The van der Waals surface area contributed by atoms with E-state index in [-0.39, 0.29) is 11.9 Å². The molecule has 122 valence electrons. The Morgan fingerprint density at radius 1 is 1.30 bits per heavy atom. The lowest BCUT2D eigenvalue weighted by Crippen LogP contribution is -2.45. The summed E-state index contributed by atoms with van der Waals surface area (Å²) in [5.74, 6) is -0.0280. The van der Waals surface area contributed by atoms with Gasteiger partial charge in [0.05, 0.1) is 0 Å². The predicted octanol–water partition coefficient (Wildman–Crippen LogP) is 1.40. The molecule has 0 aliphatic carbocycles. The van der Waals surface area contributed by atoms with Crippen LogP contribution in [0.15, 0.2) is 36.9 Å². The number of amides is 1. The minimum atomic E-state index is -0.341. The van der Waals surface area contributed by atoms with Gasteiger partial charge in [0, 0.05) is 25.7 Å². The molecule has 1 aliphatic rings. The Morgan fingerprint density at radius 3 is 2.83 bits per heavy atom. The number of carbonyl (C=O) groups excluding carboxylic acids is 1. The summed E-state index contributed by atoms with van der Waals surface area (Å²) >= 11 is 0. The highest BCUT2D eigenvalue weighted by Gasteiger charge is 2.22. The first-order valence-corrected chi connectivity index (χ1v) is 8.08. The summed E-state index contributed by atoms with van der Waals surface area (Å²) in [6.45, 7) is 6.61. The standard InChI is InChI=1S/C17H23N5O/c1-13(9-19-17(23)14(2)22-12-18-11-20-22)21-8-7-15-5-3-4-6-16(15)10-21/h3-6,11-14H,7-10H2,1-2H3,(H,19,23)/t13-,14-/m0/s1. The first-order chi connectivity index (χ1) is 11.1. The summed E-state index contributed by atoms with van der Waals surface area (Å²) in [5, 5.41) is 7.04. The van der Waals surface area contributed by atoms with Gasteiger partial charge in [0.15, 0.2) is 0 Å². The van der Waals surface area contributed by atoms with Crippen molar-refractivity contribution in [3.63, 3.8) is 0 Å². The second kappa shape index (κ2) is 6.91. The van der Waals surface area contributed by atoms with Crippen LogP contribution in [0.4, 0.5) is 0 Å². The van der Waals surface area contributed by atoms with Crippen molar-refractivity contribution in [2.24, 2.45) is 0 Å². The summed E-state index contributed by atoms with van der Waals surface area (Å²) in [6.07, 6.45) is 4.08. The number of benzene rings is 1. The van der Waals surface area contributed by atoms with Crippen molar-refractivity contribution in [2.45, 2.75) is 38.9 Å². The van der Waals surface area contributed by atoms with Crippen LogP contribution in [0.25, 0.3) is 0 Å². The van der Waals surface area contributed by atoms with Crippen LogP contribution in [0.2, 0.25) is 0 Å². The maximum atomic E-state index is 12.2. The minimum Gasteiger partial charge on any atom is -0.353 e. The first-order valence-electron chi connectivity index (χ1n) is 8.08. The summed E-state index contributed by atoms with van der Waals surface area (Å²) in [5.41, 5.74) is 2.84. The molecule has 0 fully saturated rings. The smallest absolute Gasteiger partial charge is 0.244 e. The average Bonchev–Trinajstić information content (AvgIpc) is 3.12. The van der Waals surface area contributed by atoms with E-state index in [2.05, 4.69) is 51.5 Å². The van der Waals surface area contributed by atoms with Crippen molar-refractivity contribution in [1.82, 2.24) is 25.0 Å². The van der Waals surface area contributed by atoms with Gasteiger partial charge >= 0.3 is 0 Å². The van der Waals surface area contributed by atoms with Gasteiger partial charge in [-0.25, -0.2) is 9.67 Å². The third-order valence-corrected chi connectivity index (χ3v) is 4.57. The molecule has 0 unspecified atom stereocenters. The molecule has 3 rings (SSSR count). The van der Waals surface area contributed by atoms with Crippen molar-refractivity contribution in [3.05, 3.63) is 48.0 Å². The topological polar surface area (TPSA) is 63.1 Å². The van der Waals surface area contributed by atoms with Crippen molar-refractivity contribution in [3.8, 4) is 0 Å². The van der Waals surface area contributed by atoms with E-state index >= 15 is 0 Å². The molecule has 2 heterocycles. The van der Waals surface area contributed by atoms with Gasteiger partial charge in [0.25, 0.3) is 0 Å². The molecule has 0 saturated carbocycles. The van der Waals surface area contributed by atoms with E-state index in [1.54, 1.807) is 11.0 Å². The number of nitrogens with zero attached hydrogens (tertiary/aromatic N) is 4. The van der Waals surface area contributed by atoms with Gasteiger partial charge in [-0.1, -0.05) is 24.3 Å².